The van der Waals surface area contributed by atoms with Crippen molar-refractivity contribution in [2.24, 2.45) is 5.92 Å². The first-order valence-electron chi connectivity index (χ1n) is 11.8. The highest BCUT2D eigenvalue weighted by atomic mass is 16.5. The fourth-order valence-electron chi connectivity index (χ4n) is 3.53. The van der Waals surface area contributed by atoms with Gasteiger partial charge < -0.3 is 29.7 Å². The molecule has 0 bridgehead atoms. The van der Waals surface area contributed by atoms with Gasteiger partial charge in [-0.05, 0) is 30.2 Å². The number of para-hydroxylation sites is 3. The van der Waals surface area contributed by atoms with E-state index in [0.717, 1.165) is 5.75 Å². The average molecular weight is 484 g/mol. The van der Waals surface area contributed by atoms with E-state index in [1.54, 1.807) is 6.07 Å². The standard InChI is InChI=1S/C26H33N3O6/c1-19(2)18-35-25(31)16-22-26(32)27-12-13-29(22)24(30)17-28-21-10-6-7-11-23(21)34-15-14-33-20-8-4-3-5-9-20/h3-11,19,22,28H,12-18H2,1-2H3,(H,27,32). The van der Waals surface area contributed by atoms with Crippen molar-refractivity contribution in [3.8, 4) is 11.5 Å². The zero-order chi connectivity index (χ0) is 25.0. The van der Waals surface area contributed by atoms with Crippen LogP contribution in [0.3, 0.4) is 0 Å². The van der Waals surface area contributed by atoms with Gasteiger partial charge in [-0.3, -0.25) is 14.4 Å². The summed E-state index contributed by atoms with van der Waals surface area (Å²) in [5, 5.41) is 5.81. The third-order valence-corrected chi connectivity index (χ3v) is 5.26. The summed E-state index contributed by atoms with van der Waals surface area (Å²) in [7, 11) is 0. The maximum atomic E-state index is 13.0. The second-order valence-corrected chi connectivity index (χ2v) is 8.53. The molecule has 2 amide bonds. The van der Waals surface area contributed by atoms with Crippen LogP contribution in [0.5, 0.6) is 11.5 Å². The molecule has 1 unspecified atom stereocenters. The van der Waals surface area contributed by atoms with Gasteiger partial charge in [0.25, 0.3) is 0 Å². The number of amides is 2. The summed E-state index contributed by atoms with van der Waals surface area (Å²) in [4.78, 5) is 39.0. The molecule has 0 spiro atoms. The zero-order valence-corrected chi connectivity index (χ0v) is 20.2. The molecule has 1 saturated heterocycles. The molecule has 3 rings (SSSR count). The summed E-state index contributed by atoms with van der Waals surface area (Å²) >= 11 is 0. The number of carbonyl (C=O) groups is 3. The van der Waals surface area contributed by atoms with Gasteiger partial charge in [-0.25, -0.2) is 0 Å². The lowest BCUT2D eigenvalue weighted by Gasteiger charge is -2.34. The fourth-order valence-corrected chi connectivity index (χ4v) is 3.53. The maximum absolute atomic E-state index is 13.0. The first-order chi connectivity index (χ1) is 16.9. The largest absolute Gasteiger partial charge is 0.490 e. The van der Waals surface area contributed by atoms with E-state index in [1.807, 2.05) is 62.4 Å². The summed E-state index contributed by atoms with van der Waals surface area (Å²) in [5.74, 6) is 0.400. The van der Waals surface area contributed by atoms with Crippen molar-refractivity contribution >= 4 is 23.5 Å². The van der Waals surface area contributed by atoms with Crippen LogP contribution in [0.15, 0.2) is 54.6 Å². The van der Waals surface area contributed by atoms with E-state index in [4.69, 9.17) is 14.2 Å². The molecular weight excluding hydrogens is 450 g/mol. The summed E-state index contributed by atoms with van der Waals surface area (Å²) < 4.78 is 16.7. The molecule has 35 heavy (non-hydrogen) atoms. The Morgan fingerprint density at radius 1 is 1.06 bits per heavy atom. The molecule has 0 aliphatic carbocycles. The quantitative estimate of drug-likeness (QED) is 0.353. The van der Waals surface area contributed by atoms with Crippen LogP contribution in [0, 0.1) is 5.92 Å². The van der Waals surface area contributed by atoms with E-state index in [2.05, 4.69) is 10.6 Å². The molecule has 188 valence electrons. The minimum absolute atomic E-state index is 0.0499. The highest BCUT2D eigenvalue weighted by Crippen LogP contribution is 2.24. The van der Waals surface area contributed by atoms with Crippen LogP contribution in [0.4, 0.5) is 5.69 Å². The smallest absolute Gasteiger partial charge is 0.308 e. The van der Waals surface area contributed by atoms with Crippen LogP contribution in [0.1, 0.15) is 20.3 Å². The van der Waals surface area contributed by atoms with Crippen molar-refractivity contribution in [3.05, 3.63) is 54.6 Å². The fraction of sp³-hybridized carbons (Fsp3) is 0.423. The lowest BCUT2D eigenvalue weighted by molar-refractivity contribution is -0.152. The second-order valence-electron chi connectivity index (χ2n) is 8.53. The van der Waals surface area contributed by atoms with Crippen molar-refractivity contribution in [1.82, 2.24) is 10.2 Å². The molecule has 2 aromatic carbocycles. The SMILES string of the molecule is CC(C)COC(=O)CC1C(=O)NCCN1C(=O)CNc1ccccc1OCCOc1ccccc1. The van der Waals surface area contributed by atoms with Crippen molar-refractivity contribution < 1.29 is 28.6 Å². The average Bonchev–Trinajstić information content (AvgIpc) is 2.86. The Bertz CT molecular complexity index is 982. The number of nitrogens with one attached hydrogen (secondary N) is 2. The molecule has 9 heteroatoms. The highest BCUT2D eigenvalue weighted by molar-refractivity contribution is 5.93. The van der Waals surface area contributed by atoms with Crippen molar-refractivity contribution in [3.63, 3.8) is 0 Å². The van der Waals surface area contributed by atoms with Gasteiger partial charge >= 0.3 is 5.97 Å². The van der Waals surface area contributed by atoms with Gasteiger partial charge in [-0.1, -0.05) is 44.2 Å². The van der Waals surface area contributed by atoms with Crippen LogP contribution in [0.2, 0.25) is 0 Å². The second kappa shape index (κ2) is 13.2. The van der Waals surface area contributed by atoms with Crippen LogP contribution in [-0.2, 0) is 19.1 Å². The van der Waals surface area contributed by atoms with E-state index >= 15 is 0 Å². The lowest BCUT2D eigenvalue weighted by atomic mass is 10.1. The minimum Gasteiger partial charge on any atom is -0.490 e. The monoisotopic (exact) mass is 483 g/mol. The topological polar surface area (TPSA) is 106 Å². The van der Waals surface area contributed by atoms with Crippen LogP contribution < -0.4 is 20.1 Å². The molecule has 9 nitrogen and oxygen atoms in total. The molecule has 2 aromatic rings. The van der Waals surface area contributed by atoms with Gasteiger partial charge in [0.1, 0.15) is 30.8 Å². The Labute approximate surface area is 205 Å². The molecule has 1 aliphatic heterocycles. The molecule has 1 fully saturated rings. The Morgan fingerprint density at radius 3 is 2.54 bits per heavy atom. The van der Waals surface area contributed by atoms with Gasteiger partial charge in [-0.2, -0.15) is 0 Å². The van der Waals surface area contributed by atoms with Crippen molar-refractivity contribution in [1.29, 1.82) is 0 Å². The number of carbonyl (C=O) groups excluding carboxylic acids is 3. The minimum atomic E-state index is -0.889. The zero-order valence-electron chi connectivity index (χ0n) is 20.2. The Balaban J connectivity index is 1.52. The Kier molecular flexibility index (Phi) is 9.77. The van der Waals surface area contributed by atoms with Crippen LogP contribution in [0.25, 0.3) is 0 Å². The normalized spacial score (nSPS) is 15.3. The van der Waals surface area contributed by atoms with Gasteiger partial charge in [0.2, 0.25) is 11.8 Å². The predicted octanol–water partition coefficient (Wildman–Crippen LogP) is 2.47. The third-order valence-electron chi connectivity index (χ3n) is 5.26. The summed E-state index contributed by atoms with van der Waals surface area (Å²) in [6.45, 7) is 5.44. The van der Waals surface area contributed by atoms with Gasteiger partial charge in [-0.15, -0.1) is 0 Å². The Hall–Kier alpha value is -3.75. The number of anilines is 1. The number of piperazine rings is 1. The number of nitrogens with zero attached hydrogens (tertiary/aromatic N) is 1. The molecular formula is C26H33N3O6. The molecule has 0 saturated carbocycles. The molecule has 2 N–H and O–H groups in total. The predicted molar refractivity (Wildman–Crippen MR) is 131 cm³/mol. The molecule has 1 atom stereocenters. The highest BCUT2D eigenvalue weighted by Gasteiger charge is 2.35. The van der Waals surface area contributed by atoms with E-state index < -0.39 is 12.0 Å². The first-order valence-corrected chi connectivity index (χ1v) is 11.8. The summed E-state index contributed by atoms with van der Waals surface area (Å²) in [5.41, 5.74) is 0.648. The van der Waals surface area contributed by atoms with Gasteiger partial charge in [0.05, 0.1) is 25.3 Å². The number of benzene rings is 2. The van der Waals surface area contributed by atoms with Crippen LogP contribution >= 0.6 is 0 Å². The lowest BCUT2D eigenvalue weighted by Crippen LogP contribution is -2.58. The molecule has 1 heterocycles. The maximum Gasteiger partial charge on any atom is 0.308 e. The van der Waals surface area contributed by atoms with Crippen molar-refractivity contribution in [2.75, 3.05) is 44.8 Å². The number of hydrogen-bond donors (Lipinski definition) is 2. The third kappa shape index (κ3) is 8.20. The molecule has 0 radical (unpaired) electrons. The number of rotatable bonds is 12. The summed E-state index contributed by atoms with van der Waals surface area (Å²) in [6, 6.07) is 15.9. The Morgan fingerprint density at radius 2 is 1.77 bits per heavy atom. The summed E-state index contributed by atoms with van der Waals surface area (Å²) in [6.07, 6.45) is -0.175. The van der Waals surface area contributed by atoms with Crippen LogP contribution in [-0.4, -0.2) is 68.2 Å². The van der Waals surface area contributed by atoms with E-state index in [1.165, 1.54) is 4.90 Å². The first kappa shape index (κ1) is 25.9. The van der Waals surface area contributed by atoms with E-state index in [0.29, 0.717) is 37.7 Å². The van der Waals surface area contributed by atoms with Gasteiger partial charge in [0, 0.05) is 13.1 Å². The van der Waals surface area contributed by atoms with E-state index in [9.17, 15) is 14.4 Å². The van der Waals surface area contributed by atoms with Gasteiger partial charge in [0.15, 0.2) is 0 Å². The number of ether oxygens (including phenoxy) is 3. The number of hydrogen-bond acceptors (Lipinski definition) is 7. The molecule has 0 aromatic heterocycles. The van der Waals surface area contributed by atoms with E-state index in [-0.39, 0.29) is 37.3 Å². The molecule has 1 aliphatic rings. The number of esters is 1. The van der Waals surface area contributed by atoms with Crippen molar-refractivity contribution in [2.45, 2.75) is 26.3 Å².